The Kier molecular flexibility index (Phi) is 6.54. The van der Waals surface area contributed by atoms with Crippen LogP contribution in [0.15, 0.2) is 0 Å². The van der Waals surface area contributed by atoms with E-state index in [0.717, 1.165) is 6.16 Å². The molecule has 0 bridgehead atoms. The highest BCUT2D eigenvalue weighted by Crippen LogP contribution is 2.33. The molecule has 0 aromatic carbocycles. The van der Waals surface area contributed by atoms with Gasteiger partial charge in [0.15, 0.2) is 0 Å². The van der Waals surface area contributed by atoms with Crippen molar-refractivity contribution in [2.45, 2.75) is 20.8 Å². The summed E-state index contributed by atoms with van der Waals surface area (Å²) in [6.45, 7) is 6.47. The van der Waals surface area contributed by atoms with Crippen molar-refractivity contribution in [3.63, 3.8) is 0 Å². The SMILES string of the molecule is CCP(CC)CCOC(C)=O. The van der Waals surface area contributed by atoms with Crippen molar-refractivity contribution < 1.29 is 9.53 Å². The first-order valence-electron chi connectivity index (χ1n) is 4.06. The zero-order valence-electron chi connectivity index (χ0n) is 7.59. The lowest BCUT2D eigenvalue weighted by atomic mass is 10.8. The largest absolute Gasteiger partial charge is 0.466 e. The van der Waals surface area contributed by atoms with Gasteiger partial charge in [-0.1, -0.05) is 13.8 Å². The van der Waals surface area contributed by atoms with Gasteiger partial charge in [-0.15, -0.1) is 7.92 Å². The monoisotopic (exact) mass is 176 g/mol. The Labute approximate surface area is 70.1 Å². The van der Waals surface area contributed by atoms with Gasteiger partial charge in [0.25, 0.3) is 0 Å². The molecule has 0 aliphatic rings. The Morgan fingerprint density at radius 1 is 1.36 bits per heavy atom. The summed E-state index contributed by atoms with van der Waals surface area (Å²) in [5.74, 6) is -0.160. The van der Waals surface area contributed by atoms with Crippen molar-refractivity contribution in [1.82, 2.24) is 0 Å². The van der Waals surface area contributed by atoms with Gasteiger partial charge in [-0.05, 0) is 12.3 Å². The summed E-state index contributed by atoms with van der Waals surface area (Å²) >= 11 is 0. The normalized spacial score (nSPS) is 10.2. The first-order valence-corrected chi connectivity index (χ1v) is 5.96. The molecule has 0 N–H and O–H groups in total. The molecule has 0 aliphatic heterocycles. The number of carbonyl (C=O) groups is 1. The molecule has 66 valence electrons. The van der Waals surface area contributed by atoms with Crippen molar-refractivity contribution >= 4 is 13.9 Å². The van der Waals surface area contributed by atoms with E-state index in [1.54, 1.807) is 0 Å². The first kappa shape index (κ1) is 10.9. The Balaban J connectivity index is 3.28. The fraction of sp³-hybridized carbons (Fsp3) is 0.875. The zero-order valence-corrected chi connectivity index (χ0v) is 8.49. The third kappa shape index (κ3) is 6.30. The Morgan fingerprint density at radius 2 is 1.91 bits per heavy atom. The van der Waals surface area contributed by atoms with Crippen LogP contribution in [0.3, 0.4) is 0 Å². The maximum Gasteiger partial charge on any atom is 0.302 e. The molecule has 0 atom stereocenters. The highest BCUT2D eigenvalue weighted by molar-refractivity contribution is 7.57. The van der Waals surface area contributed by atoms with Crippen LogP contribution in [0.5, 0.6) is 0 Å². The van der Waals surface area contributed by atoms with Crippen LogP contribution in [0, 0.1) is 0 Å². The lowest BCUT2D eigenvalue weighted by Crippen LogP contribution is -2.04. The highest BCUT2D eigenvalue weighted by Gasteiger charge is 2.02. The van der Waals surface area contributed by atoms with Gasteiger partial charge in [-0.3, -0.25) is 4.79 Å². The summed E-state index contributed by atoms with van der Waals surface area (Å²) in [6, 6.07) is 0. The van der Waals surface area contributed by atoms with E-state index >= 15 is 0 Å². The van der Waals surface area contributed by atoms with E-state index in [1.165, 1.54) is 19.2 Å². The van der Waals surface area contributed by atoms with E-state index < -0.39 is 0 Å². The quantitative estimate of drug-likeness (QED) is 0.473. The standard InChI is InChI=1S/C8H17O2P/c1-4-11(5-2)7-6-10-8(3)9/h4-7H2,1-3H3. The van der Waals surface area contributed by atoms with E-state index in [2.05, 4.69) is 13.8 Å². The van der Waals surface area contributed by atoms with Gasteiger partial charge >= 0.3 is 5.97 Å². The average molecular weight is 176 g/mol. The van der Waals surface area contributed by atoms with Crippen molar-refractivity contribution in [2.24, 2.45) is 0 Å². The summed E-state index contributed by atoms with van der Waals surface area (Å²) in [4.78, 5) is 10.4. The predicted octanol–water partition coefficient (Wildman–Crippen LogP) is 2.07. The van der Waals surface area contributed by atoms with Gasteiger partial charge in [0, 0.05) is 13.1 Å². The van der Waals surface area contributed by atoms with Crippen LogP contribution in [0.25, 0.3) is 0 Å². The van der Waals surface area contributed by atoms with Crippen molar-refractivity contribution in [3.8, 4) is 0 Å². The van der Waals surface area contributed by atoms with Crippen molar-refractivity contribution in [1.29, 1.82) is 0 Å². The molecule has 3 heteroatoms. The first-order chi connectivity index (χ1) is 5.20. The van der Waals surface area contributed by atoms with E-state index in [9.17, 15) is 4.79 Å². The van der Waals surface area contributed by atoms with E-state index in [1.807, 2.05) is 0 Å². The number of rotatable bonds is 5. The summed E-state index contributed by atoms with van der Waals surface area (Å²) in [6.07, 6.45) is 3.56. The van der Waals surface area contributed by atoms with Gasteiger partial charge in [0.1, 0.15) is 0 Å². The van der Waals surface area contributed by atoms with Crippen LogP contribution in [0.4, 0.5) is 0 Å². The Hall–Kier alpha value is -0.100. The number of ether oxygens (including phenoxy) is 1. The molecule has 0 heterocycles. The van der Waals surface area contributed by atoms with Crippen LogP contribution >= 0.6 is 7.92 Å². The third-order valence-corrected chi connectivity index (χ3v) is 4.21. The molecule has 0 rings (SSSR count). The van der Waals surface area contributed by atoms with Crippen molar-refractivity contribution in [3.05, 3.63) is 0 Å². The summed E-state index contributed by atoms with van der Waals surface area (Å²) < 4.78 is 4.85. The number of esters is 1. The molecule has 0 radical (unpaired) electrons. The third-order valence-electron chi connectivity index (χ3n) is 1.61. The van der Waals surface area contributed by atoms with Gasteiger partial charge in [0.05, 0.1) is 6.61 Å². The molecule has 0 amide bonds. The van der Waals surface area contributed by atoms with Crippen molar-refractivity contribution in [2.75, 3.05) is 25.1 Å². The topological polar surface area (TPSA) is 26.3 Å². The predicted molar refractivity (Wildman–Crippen MR) is 49.5 cm³/mol. The zero-order chi connectivity index (χ0) is 8.69. The lowest BCUT2D eigenvalue weighted by Gasteiger charge is -2.11. The second-order valence-electron chi connectivity index (χ2n) is 2.37. The van der Waals surface area contributed by atoms with Gasteiger partial charge in [-0.25, -0.2) is 0 Å². The van der Waals surface area contributed by atoms with Gasteiger partial charge in [-0.2, -0.15) is 0 Å². The average Bonchev–Trinajstić information content (AvgIpc) is 1.98. The molecule has 0 unspecified atom stereocenters. The lowest BCUT2D eigenvalue weighted by molar-refractivity contribution is -0.140. The fourth-order valence-electron chi connectivity index (χ4n) is 0.858. The molecule has 0 aromatic rings. The molecule has 11 heavy (non-hydrogen) atoms. The van der Waals surface area contributed by atoms with Crippen LogP contribution in [0.1, 0.15) is 20.8 Å². The van der Waals surface area contributed by atoms with E-state index in [-0.39, 0.29) is 13.9 Å². The van der Waals surface area contributed by atoms with Gasteiger partial charge < -0.3 is 4.74 Å². The number of carbonyl (C=O) groups excluding carboxylic acids is 1. The highest BCUT2D eigenvalue weighted by atomic mass is 31.1. The molecular formula is C8H17O2P. The minimum absolute atomic E-state index is 0.136. The second-order valence-corrected chi connectivity index (χ2v) is 5.42. The fourth-order valence-corrected chi connectivity index (χ4v) is 2.29. The molecule has 0 aromatic heterocycles. The molecule has 0 aliphatic carbocycles. The minimum atomic E-state index is -0.160. The Morgan fingerprint density at radius 3 is 2.27 bits per heavy atom. The number of hydrogen-bond donors (Lipinski definition) is 0. The van der Waals surface area contributed by atoms with Crippen LogP contribution in [-0.4, -0.2) is 31.1 Å². The maximum absolute atomic E-state index is 10.4. The summed E-state index contributed by atoms with van der Waals surface area (Å²) in [5, 5.41) is 0. The van der Waals surface area contributed by atoms with Gasteiger partial charge in [0.2, 0.25) is 0 Å². The van der Waals surface area contributed by atoms with Crippen LogP contribution in [0.2, 0.25) is 0 Å². The van der Waals surface area contributed by atoms with Crippen LogP contribution < -0.4 is 0 Å². The molecule has 0 spiro atoms. The molecule has 0 saturated carbocycles. The smallest absolute Gasteiger partial charge is 0.302 e. The summed E-state index contributed by atoms with van der Waals surface area (Å²) in [5.41, 5.74) is 0. The molecule has 2 nitrogen and oxygen atoms in total. The van der Waals surface area contributed by atoms with E-state index in [4.69, 9.17) is 4.74 Å². The van der Waals surface area contributed by atoms with E-state index in [0.29, 0.717) is 6.61 Å². The van der Waals surface area contributed by atoms with Crippen LogP contribution in [-0.2, 0) is 9.53 Å². The number of hydrogen-bond acceptors (Lipinski definition) is 2. The summed E-state index contributed by atoms with van der Waals surface area (Å²) in [7, 11) is 0.136. The maximum atomic E-state index is 10.4. The molecule has 0 saturated heterocycles. The minimum Gasteiger partial charge on any atom is -0.466 e. The molecular weight excluding hydrogens is 159 g/mol. The molecule has 0 fully saturated rings. The Bertz CT molecular complexity index is 111. The second kappa shape index (κ2) is 6.60.